The fraction of sp³-hybridized carbons (Fsp3) is 0.136. The number of halogens is 3. The highest BCUT2D eigenvalue weighted by atomic mass is 19.4. The standard InChI is InChI=1S/C22H16F3N3O2/c1-27(2)19-12-14(22(23,24)25)11-18(26-19)13-7-9-15(10-8-13)28-20(29)16-5-3-4-6-17(16)21(28)30/h3-12H,1-2H3. The normalized spacial score (nSPS) is 13.6. The Hall–Kier alpha value is -3.68. The van der Waals surface area contributed by atoms with E-state index in [1.165, 1.54) is 17.0 Å². The van der Waals surface area contributed by atoms with Gasteiger partial charge in [-0.25, -0.2) is 9.88 Å². The highest BCUT2D eigenvalue weighted by Crippen LogP contribution is 2.35. The first-order valence-corrected chi connectivity index (χ1v) is 9.01. The molecular weight excluding hydrogens is 395 g/mol. The van der Waals surface area contributed by atoms with Gasteiger partial charge in [-0.15, -0.1) is 0 Å². The van der Waals surface area contributed by atoms with E-state index in [0.717, 1.165) is 17.0 Å². The molecule has 4 rings (SSSR count). The van der Waals surface area contributed by atoms with Crippen LogP contribution >= 0.6 is 0 Å². The SMILES string of the molecule is CN(C)c1cc(C(F)(F)F)cc(-c2ccc(N3C(=O)c4ccccc4C3=O)cc2)n1. The molecule has 2 aromatic carbocycles. The van der Waals surface area contributed by atoms with Gasteiger partial charge in [-0.2, -0.15) is 13.2 Å². The van der Waals surface area contributed by atoms with Crippen molar-refractivity contribution in [2.75, 3.05) is 23.9 Å². The molecule has 0 N–H and O–H groups in total. The number of fused-ring (bicyclic) bond motifs is 1. The van der Waals surface area contributed by atoms with Crippen molar-refractivity contribution in [1.29, 1.82) is 0 Å². The molecule has 2 amide bonds. The first kappa shape index (κ1) is 19.6. The number of carbonyl (C=O) groups is 2. The lowest BCUT2D eigenvalue weighted by molar-refractivity contribution is -0.137. The topological polar surface area (TPSA) is 53.5 Å². The monoisotopic (exact) mass is 411 g/mol. The Morgan fingerprint density at radius 2 is 1.43 bits per heavy atom. The van der Waals surface area contributed by atoms with E-state index >= 15 is 0 Å². The average Bonchev–Trinajstić information content (AvgIpc) is 2.98. The Bertz CT molecular complexity index is 1120. The van der Waals surface area contributed by atoms with Gasteiger partial charge in [0.15, 0.2) is 0 Å². The predicted octanol–water partition coefficient (Wildman–Crippen LogP) is 4.63. The second kappa shape index (κ2) is 6.98. The number of hydrogen-bond donors (Lipinski definition) is 0. The molecule has 0 spiro atoms. The van der Waals surface area contributed by atoms with Crippen LogP contribution in [0.5, 0.6) is 0 Å². The molecule has 1 aliphatic rings. The smallest absolute Gasteiger partial charge is 0.363 e. The number of nitrogens with zero attached hydrogens (tertiary/aromatic N) is 3. The Morgan fingerprint density at radius 3 is 1.93 bits per heavy atom. The third-order valence-corrected chi connectivity index (χ3v) is 4.81. The summed E-state index contributed by atoms with van der Waals surface area (Å²) in [5.74, 6) is -0.699. The van der Waals surface area contributed by atoms with Gasteiger partial charge in [-0.1, -0.05) is 24.3 Å². The van der Waals surface area contributed by atoms with Gasteiger partial charge >= 0.3 is 6.18 Å². The van der Waals surface area contributed by atoms with Crippen LogP contribution in [-0.4, -0.2) is 30.9 Å². The summed E-state index contributed by atoms with van der Waals surface area (Å²) in [6.07, 6.45) is -4.51. The summed E-state index contributed by atoms with van der Waals surface area (Å²) >= 11 is 0. The zero-order chi connectivity index (χ0) is 21.6. The van der Waals surface area contributed by atoms with Crippen molar-refractivity contribution >= 4 is 23.3 Å². The molecule has 3 aromatic rings. The zero-order valence-electron chi connectivity index (χ0n) is 16.1. The van der Waals surface area contributed by atoms with Gasteiger partial charge < -0.3 is 4.90 Å². The molecular formula is C22H16F3N3O2. The average molecular weight is 411 g/mol. The molecule has 0 bridgehead atoms. The number of imide groups is 1. The predicted molar refractivity (Wildman–Crippen MR) is 107 cm³/mol. The van der Waals surface area contributed by atoms with Crippen LogP contribution in [0.2, 0.25) is 0 Å². The summed E-state index contributed by atoms with van der Waals surface area (Å²) in [5, 5.41) is 0. The number of rotatable bonds is 3. The summed E-state index contributed by atoms with van der Waals surface area (Å²) in [5.41, 5.74) is 0.751. The van der Waals surface area contributed by atoms with Crippen LogP contribution < -0.4 is 9.80 Å². The van der Waals surface area contributed by atoms with E-state index in [1.807, 2.05) is 0 Å². The lowest BCUT2D eigenvalue weighted by Gasteiger charge is -2.17. The molecule has 0 fully saturated rings. The maximum atomic E-state index is 13.3. The van der Waals surface area contributed by atoms with Gasteiger partial charge in [-0.3, -0.25) is 9.59 Å². The molecule has 0 aliphatic carbocycles. The Balaban J connectivity index is 1.71. The van der Waals surface area contributed by atoms with E-state index in [4.69, 9.17) is 0 Å². The summed E-state index contributed by atoms with van der Waals surface area (Å²) in [4.78, 5) is 32.0. The molecule has 1 aromatic heterocycles. The summed E-state index contributed by atoms with van der Waals surface area (Å²) in [7, 11) is 3.22. The highest BCUT2D eigenvalue weighted by molar-refractivity contribution is 6.34. The van der Waals surface area contributed by atoms with Crippen LogP contribution in [0.3, 0.4) is 0 Å². The first-order chi connectivity index (χ1) is 14.2. The van der Waals surface area contributed by atoms with Crippen molar-refractivity contribution in [1.82, 2.24) is 4.98 Å². The number of carbonyl (C=O) groups excluding carboxylic acids is 2. The summed E-state index contributed by atoms with van der Waals surface area (Å²) in [6.45, 7) is 0. The lowest BCUT2D eigenvalue weighted by Crippen LogP contribution is -2.29. The van der Waals surface area contributed by atoms with Crippen LogP contribution in [0.4, 0.5) is 24.7 Å². The van der Waals surface area contributed by atoms with E-state index < -0.39 is 23.6 Å². The molecule has 30 heavy (non-hydrogen) atoms. The molecule has 8 heteroatoms. The molecule has 0 atom stereocenters. The van der Waals surface area contributed by atoms with Crippen molar-refractivity contribution in [3.8, 4) is 11.3 Å². The van der Waals surface area contributed by atoms with Gasteiger partial charge in [0.2, 0.25) is 0 Å². The maximum Gasteiger partial charge on any atom is 0.416 e. The number of alkyl halides is 3. The first-order valence-electron chi connectivity index (χ1n) is 9.01. The van der Waals surface area contributed by atoms with Crippen LogP contribution in [0.25, 0.3) is 11.3 Å². The number of hydrogen-bond acceptors (Lipinski definition) is 4. The minimum atomic E-state index is -4.51. The van der Waals surface area contributed by atoms with Crippen molar-refractivity contribution in [2.24, 2.45) is 0 Å². The van der Waals surface area contributed by atoms with E-state index in [0.29, 0.717) is 22.4 Å². The van der Waals surface area contributed by atoms with E-state index in [9.17, 15) is 22.8 Å². The number of benzene rings is 2. The number of anilines is 2. The van der Waals surface area contributed by atoms with Gasteiger partial charge in [0.05, 0.1) is 28.1 Å². The van der Waals surface area contributed by atoms with E-state index in [1.54, 1.807) is 50.5 Å². The molecule has 0 radical (unpaired) electrons. The molecule has 5 nitrogen and oxygen atoms in total. The summed E-state index contributed by atoms with van der Waals surface area (Å²) < 4.78 is 39.9. The van der Waals surface area contributed by atoms with Crippen LogP contribution in [0, 0.1) is 0 Å². The highest BCUT2D eigenvalue weighted by Gasteiger charge is 2.36. The van der Waals surface area contributed by atoms with Crippen molar-refractivity contribution in [2.45, 2.75) is 6.18 Å². The molecule has 0 unspecified atom stereocenters. The second-order valence-electron chi connectivity index (χ2n) is 7.03. The Labute approximate surface area is 170 Å². The molecule has 152 valence electrons. The van der Waals surface area contributed by atoms with E-state index in [-0.39, 0.29) is 11.5 Å². The quantitative estimate of drug-likeness (QED) is 0.590. The largest absolute Gasteiger partial charge is 0.416 e. The van der Waals surface area contributed by atoms with Crippen molar-refractivity contribution in [3.63, 3.8) is 0 Å². The van der Waals surface area contributed by atoms with Gasteiger partial charge in [0.1, 0.15) is 5.82 Å². The van der Waals surface area contributed by atoms with Crippen molar-refractivity contribution < 1.29 is 22.8 Å². The minimum absolute atomic E-state index is 0.141. The molecule has 0 saturated heterocycles. The zero-order valence-corrected chi connectivity index (χ0v) is 16.1. The number of aromatic nitrogens is 1. The molecule has 1 aliphatic heterocycles. The Kier molecular flexibility index (Phi) is 4.57. The van der Waals surface area contributed by atoms with Gasteiger partial charge in [-0.05, 0) is 36.4 Å². The third kappa shape index (κ3) is 3.30. The number of pyridine rings is 1. The van der Waals surface area contributed by atoms with Gasteiger partial charge in [0, 0.05) is 19.7 Å². The van der Waals surface area contributed by atoms with Crippen LogP contribution in [0.15, 0.2) is 60.7 Å². The Morgan fingerprint density at radius 1 is 0.867 bits per heavy atom. The summed E-state index contributed by atoms with van der Waals surface area (Å²) in [6, 6.07) is 14.6. The molecule has 0 saturated carbocycles. The fourth-order valence-corrected chi connectivity index (χ4v) is 3.26. The maximum absolute atomic E-state index is 13.3. The number of amides is 2. The lowest BCUT2D eigenvalue weighted by atomic mass is 10.1. The second-order valence-corrected chi connectivity index (χ2v) is 7.03. The van der Waals surface area contributed by atoms with Crippen LogP contribution in [0.1, 0.15) is 26.3 Å². The van der Waals surface area contributed by atoms with Gasteiger partial charge in [0.25, 0.3) is 11.8 Å². The van der Waals surface area contributed by atoms with Crippen molar-refractivity contribution in [3.05, 3.63) is 77.4 Å². The fourth-order valence-electron chi connectivity index (χ4n) is 3.26. The minimum Gasteiger partial charge on any atom is -0.363 e. The van der Waals surface area contributed by atoms with Crippen LogP contribution in [-0.2, 0) is 6.18 Å². The third-order valence-electron chi connectivity index (χ3n) is 4.81. The molecule has 2 heterocycles. The van der Waals surface area contributed by atoms with E-state index in [2.05, 4.69) is 4.98 Å².